The van der Waals surface area contributed by atoms with Crippen LogP contribution in [0.1, 0.15) is 98.3 Å². The van der Waals surface area contributed by atoms with E-state index < -0.39 is 0 Å². The molecule has 104 valence electrons. The van der Waals surface area contributed by atoms with E-state index in [9.17, 15) is 0 Å². The maximum atomic E-state index is 2.41. The van der Waals surface area contributed by atoms with Gasteiger partial charge in [0.2, 0.25) is 0 Å². The molecule has 0 N–H and O–H groups in total. The molecule has 0 aromatic heterocycles. The average molecular weight is 240 g/mol. The van der Waals surface area contributed by atoms with Gasteiger partial charge in [0.25, 0.3) is 0 Å². The molecule has 0 heteroatoms. The molecule has 0 aliphatic heterocycles. The van der Waals surface area contributed by atoms with Crippen LogP contribution in [0.5, 0.6) is 0 Å². The summed E-state index contributed by atoms with van der Waals surface area (Å²) in [5.41, 5.74) is 0. The van der Waals surface area contributed by atoms with E-state index >= 15 is 0 Å². The molecule has 1 aliphatic rings. The van der Waals surface area contributed by atoms with Crippen LogP contribution < -0.4 is 0 Å². The van der Waals surface area contributed by atoms with Crippen molar-refractivity contribution in [1.29, 1.82) is 0 Å². The van der Waals surface area contributed by atoms with Crippen LogP contribution >= 0.6 is 0 Å². The molecule has 1 saturated carbocycles. The summed E-state index contributed by atoms with van der Waals surface area (Å²) in [7, 11) is 0. The van der Waals surface area contributed by atoms with Gasteiger partial charge in [-0.3, -0.25) is 0 Å². The molecular formula is C17H36. The van der Waals surface area contributed by atoms with Crippen molar-refractivity contribution in [3.05, 3.63) is 0 Å². The van der Waals surface area contributed by atoms with E-state index in [1.165, 1.54) is 70.6 Å². The van der Waals surface area contributed by atoms with Gasteiger partial charge in [-0.2, -0.15) is 0 Å². The fraction of sp³-hybridized carbons (Fsp3) is 1.00. The van der Waals surface area contributed by atoms with E-state index in [0.717, 1.165) is 11.8 Å². The summed E-state index contributed by atoms with van der Waals surface area (Å²) < 4.78 is 0. The Labute approximate surface area is 111 Å². The Bertz CT molecular complexity index is 125. The second-order valence-corrected chi connectivity index (χ2v) is 5.76. The van der Waals surface area contributed by atoms with Crippen LogP contribution in [-0.2, 0) is 0 Å². The summed E-state index contributed by atoms with van der Waals surface area (Å²) in [6, 6.07) is 0. The minimum atomic E-state index is 0.910. The summed E-state index contributed by atoms with van der Waals surface area (Å²) in [4.78, 5) is 0. The third-order valence-electron chi connectivity index (χ3n) is 4.09. The first-order chi connectivity index (χ1) is 8.30. The van der Waals surface area contributed by atoms with Gasteiger partial charge in [-0.1, -0.05) is 98.3 Å². The van der Waals surface area contributed by atoms with Crippen LogP contribution in [0.4, 0.5) is 0 Å². The predicted molar refractivity (Wildman–Crippen MR) is 80.5 cm³/mol. The lowest BCUT2D eigenvalue weighted by Gasteiger charge is -2.21. The summed E-state index contributed by atoms with van der Waals surface area (Å²) in [5, 5.41) is 0. The quantitative estimate of drug-likeness (QED) is 0.485. The van der Waals surface area contributed by atoms with Gasteiger partial charge in [0.15, 0.2) is 0 Å². The SMILES string of the molecule is CC.CC(C)C1CCCCCCCCCCC1. The Morgan fingerprint density at radius 3 is 1.18 bits per heavy atom. The van der Waals surface area contributed by atoms with Gasteiger partial charge >= 0.3 is 0 Å². The van der Waals surface area contributed by atoms with Crippen LogP contribution in [0, 0.1) is 11.8 Å². The number of rotatable bonds is 1. The normalized spacial score (nSPS) is 21.0. The lowest BCUT2D eigenvalue weighted by atomic mass is 9.85. The zero-order valence-electron chi connectivity index (χ0n) is 12.9. The van der Waals surface area contributed by atoms with Crippen molar-refractivity contribution < 1.29 is 0 Å². The summed E-state index contributed by atoms with van der Waals surface area (Å²) in [6.45, 7) is 8.83. The highest BCUT2D eigenvalue weighted by Gasteiger charge is 2.12. The highest BCUT2D eigenvalue weighted by molar-refractivity contribution is 4.64. The van der Waals surface area contributed by atoms with Crippen LogP contribution in [0.15, 0.2) is 0 Å². The lowest BCUT2D eigenvalue weighted by molar-refractivity contribution is 0.310. The van der Waals surface area contributed by atoms with Crippen molar-refractivity contribution in [3.63, 3.8) is 0 Å². The monoisotopic (exact) mass is 240 g/mol. The van der Waals surface area contributed by atoms with Gasteiger partial charge < -0.3 is 0 Å². The molecule has 0 aromatic carbocycles. The molecule has 0 aromatic rings. The number of hydrogen-bond acceptors (Lipinski definition) is 0. The van der Waals surface area contributed by atoms with Crippen LogP contribution in [0.25, 0.3) is 0 Å². The predicted octanol–water partition coefficient (Wildman–Crippen LogP) is 6.59. The van der Waals surface area contributed by atoms with Gasteiger partial charge in [0.05, 0.1) is 0 Å². The maximum absolute atomic E-state index is 2.41. The van der Waals surface area contributed by atoms with Crippen molar-refractivity contribution in [2.24, 2.45) is 11.8 Å². The molecule has 0 spiro atoms. The molecule has 0 nitrogen and oxygen atoms in total. The molecule has 0 unspecified atom stereocenters. The highest BCUT2D eigenvalue weighted by atomic mass is 14.2. The van der Waals surface area contributed by atoms with Crippen molar-refractivity contribution in [3.8, 4) is 0 Å². The second-order valence-electron chi connectivity index (χ2n) is 5.76. The van der Waals surface area contributed by atoms with E-state index in [0.29, 0.717) is 0 Å². The Morgan fingerprint density at radius 1 is 0.588 bits per heavy atom. The van der Waals surface area contributed by atoms with E-state index in [1.807, 2.05) is 13.8 Å². The molecule has 1 rings (SSSR count). The molecule has 0 amide bonds. The smallest absolute Gasteiger partial charge is 0.0391 e. The van der Waals surface area contributed by atoms with Gasteiger partial charge in [-0.15, -0.1) is 0 Å². The van der Waals surface area contributed by atoms with Crippen molar-refractivity contribution >= 4 is 0 Å². The van der Waals surface area contributed by atoms with Crippen LogP contribution in [0.3, 0.4) is 0 Å². The first kappa shape index (κ1) is 17.0. The van der Waals surface area contributed by atoms with E-state index in [2.05, 4.69) is 13.8 Å². The van der Waals surface area contributed by atoms with Gasteiger partial charge in [0, 0.05) is 0 Å². The fourth-order valence-corrected chi connectivity index (χ4v) is 2.86. The maximum Gasteiger partial charge on any atom is -0.0391 e. The first-order valence-electron chi connectivity index (χ1n) is 8.30. The summed E-state index contributed by atoms with van der Waals surface area (Å²) in [5.74, 6) is 1.93. The molecular weight excluding hydrogens is 204 g/mol. The molecule has 0 bridgehead atoms. The Hall–Kier alpha value is 0. The van der Waals surface area contributed by atoms with Gasteiger partial charge in [-0.25, -0.2) is 0 Å². The molecule has 17 heavy (non-hydrogen) atoms. The van der Waals surface area contributed by atoms with Crippen LogP contribution in [-0.4, -0.2) is 0 Å². The molecule has 1 fully saturated rings. The Balaban J connectivity index is 0.00000121. The third-order valence-corrected chi connectivity index (χ3v) is 4.09. The number of hydrogen-bond donors (Lipinski definition) is 0. The van der Waals surface area contributed by atoms with Gasteiger partial charge in [-0.05, 0) is 11.8 Å². The minimum Gasteiger partial charge on any atom is -0.0683 e. The molecule has 0 saturated heterocycles. The summed E-state index contributed by atoms with van der Waals surface area (Å²) >= 11 is 0. The molecule has 0 heterocycles. The topological polar surface area (TPSA) is 0 Å². The van der Waals surface area contributed by atoms with Crippen LogP contribution in [0.2, 0.25) is 0 Å². The zero-order valence-corrected chi connectivity index (χ0v) is 12.9. The molecule has 1 aliphatic carbocycles. The highest BCUT2D eigenvalue weighted by Crippen LogP contribution is 2.26. The lowest BCUT2D eigenvalue weighted by Crippen LogP contribution is -2.09. The van der Waals surface area contributed by atoms with Crippen molar-refractivity contribution in [2.75, 3.05) is 0 Å². The first-order valence-corrected chi connectivity index (χ1v) is 8.30. The summed E-state index contributed by atoms with van der Waals surface area (Å²) in [6.07, 6.45) is 16.4. The zero-order chi connectivity index (χ0) is 12.9. The van der Waals surface area contributed by atoms with Crippen molar-refractivity contribution in [1.82, 2.24) is 0 Å². The van der Waals surface area contributed by atoms with E-state index in [1.54, 1.807) is 0 Å². The second kappa shape index (κ2) is 12.5. The largest absolute Gasteiger partial charge is 0.0683 e. The third kappa shape index (κ3) is 9.68. The average Bonchev–Trinajstić information content (AvgIpc) is 2.32. The standard InChI is InChI=1S/C15H30.C2H6/c1-14(2)15-12-10-8-6-4-3-5-7-9-11-13-15;1-2/h14-15H,3-13H2,1-2H3;1-2H3. The molecule has 0 radical (unpaired) electrons. The Kier molecular flexibility index (Phi) is 12.5. The van der Waals surface area contributed by atoms with Gasteiger partial charge in [0.1, 0.15) is 0 Å². The Morgan fingerprint density at radius 2 is 0.882 bits per heavy atom. The minimum absolute atomic E-state index is 0.910. The molecule has 0 atom stereocenters. The van der Waals surface area contributed by atoms with Crippen molar-refractivity contribution in [2.45, 2.75) is 98.3 Å². The van der Waals surface area contributed by atoms with E-state index in [-0.39, 0.29) is 0 Å². The van der Waals surface area contributed by atoms with E-state index in [4.69, 9.17) is 0 Å². The fourth-order valence-electron chi connectivity index (χ4n) is 2.86.